The van der Waals surface area contributed by atoms with Gasteiger partial charge >= 0.3 is 6.09 Å². The predicted octanol–water partition coefficient (Wildman–Crippen LogP) is 5.06. The molecule has 11 nitrogen and oxygen atoms in total. The maximum Gasteiger partial charge on any atom is 0.417 e. The predicted molar refractivity (Wildman–Crippen MR) is 148 cm³/mol. The molecule has 0 radical (unpaired) electrons. The van der Waals surface area contributed by atoms with Gasteiger partial charge in [0.05, 0.1) is 30.8 Å². The van der Waals surface area contributed by atoms with Gasteiger partial charge in [-0.05, 0) is 50.1 Å². The molecule has 0 atom stereocenters. The fourth-order valence-electron chi connectivity index (χ4n) is 4.26. The zero-order chi connectivity index (χ0) is 28.3. The highest BCUT2D eigenvalue weighted by molar-refractivity contribution is 5.95. The van der Waals surface area contributed by atoms with E-state index < -0.39 is 6.09 Å². The van der Waals surface area contributed by atoms with Crippen LogP contribution in [0, 0.1) is 0 Å². The Morgan fingerprint density at radius 3 is 2.60 bits per heavy atom. The van der Waals surface area contributed by atoms with Gasteiger partial charge in [-0.25, -0.2) is 19.7 Å². The van der Waals surface area contributed by atoms with Crippen LogP contribution in [-0.4, -0.2) is 49.4 Å². The molecule has 2 aromatic carbocycles. The van der Waals surface area contributed by atoms with Gasteiger partial charge in [0.15, 0.2) is 18.2 Å². The van der Waals surface area contributed by atoms with Crippen molar-refractivity contribution in [1.82, 2.24) is 25.5 Å². The highest BCUT2D eigenvalue weighted by Gasteiger charge is 2.29. The van der Waals surface area contributed by atoms with Crippen molar-refractivity contribution in [3.8, 4) is 28.3 Å². The van der Waals surface area contributed by atoms with E-state index in [-0.39, 0.29) is 37.1 Å². The first-order chi connectivity index (χ1) is 19.2. The summed E-state index contributed by atoms with van der Waals surface area (Å²) in [5.41, 5.74) is 3.74. The van der Waals surface area contributed by atoms with Crippen molar-refractivity contribution in [2.24, 2.45) is 0 Å². The zero-order valence-corrected chi connectivity index (χ0v) is 22.5. The van der Waals surface area contributed by atoms with Crippen LogP contribution in [-0.2, 0) is 22.7 Å². The summed E-state index contributed by atoms with van der Waals surface area (Å²) in [6, 6.07) is 14.1. The van der Waals surface area contributed by atoms with Crippen molar-refractivity contribution in [3.05, 3.63) is 72.2 Å². The van der Waals surface area contributed by atoms with E-state index in [1.165, 1.54) is 0 Å². The van der Waals surface area contributed by atoms with E-state index in [1.807, 2.05) is 32.9 Å². The van der Waals surface area contributed by atoms with Crippen molar-refractivity contribution >= 4 is 23.5 Å². The van der Waals surface area contributed by atoms with Crippen LogP contribution in [0.4, 0.5) is 16.3 Å². The van der Waals surface area contributed by atoms with Gasteiger partial charge in [0, 0.05) is 28.4 Å². The summed E-state index contributed by atoms with van der Waals surface area (Å²) < 4.78 is 11.4. The zero-order valence-electron chi connectivity index (χ0n) is 22.5. The summed E-state index contributed by atoms with van der Waals surface area (Å²) >= 11 is 0. The molecule has 4 aromatic rings. The number of carbonyl (C=O) groups is 2. The first-order valence-corrected chi connectivity index (χ1v) is 12.9. The van der Waals surface area contributed by atoms with Crippen molar-refractivity contribution < 1.29 is 24.2 Å². The van der Waals surface area contributed by atoms with Crippen LogP contribution < -0.4 is 15.0 Å². The van der Waals surface area contributed by atoms with E-state index in [0.717, 1.165) is 22.4 Å². The van der Waals surface area contributed by atoms with Gasteiger partial charge < -0.3 is 19.9 Å². The number of H-pyrrole nitrogens is 1. The minimum Gasteiger partial charge on any atom is -0.484 e. The highest BCUT2D eigenvalue weighted by atomic mass is 16.5. The first kappa shape index (κ1) is 26.8. The lowest BCUT2D eigenvalue weighted by atomic mass is 10.0. The molecule has 2 amide bonds. The van der Waals surface area contributed by atoms with E-state index in [1.54, 1.807) is 48.8 Å². The Labute approximate surface area is 231 Å². The smallest absolute Gasteiger partial charge is 0.417 e. The minimum atomic E-state index is -1.19. The summed E-state index contributed by atoms with van der Waals surface area (Å²) in [7, 11) is 0. The number of hydrogen-bond acceptors (Lipinski definition) is 7. The molecule has 11 heteroatoms. The van der Waals surface area contributed by atoms with Gasteiger partial charge in [0.2, 0.25) is 0 Å². The molecule has 0 fully saturated rings. The number of fused-ring (bicyclic) bond motifs is 1. The lowest BCUT2D eigenvalue weighted by Gasteiger charge is -2.24. The topological polar surface area (TPSA) is 143 Å². The number of rotatable bonds is 9. The molecule has 1 aliphatic heterocycles. The van der Waals surface area contributed by atoms with Crippen LogP contribution in [0.25, 0.3) is 22.5 Å². The van der Waals surface area contributed by atoms with Gasteiger partial charge in [0.25, 0.3) is 5.91 Å². The number of amides is 2. The largest absolute Gasteiger partial charge is 0.484 e. The molecule has 0 bridgehead atoms. The van der Waals surface area contributed by atoms with Crippen LogP contribution in [0.15, 0.2) is 60.9 Å². The molecule has 0 saturated heterocycles. The fourth-order valence-corrected chi connectivity index (χ4v) is 4.26. The molecule has 0 aliphatic carbocycles. The van der Waals surface area contributed by atoms with E-state index in [0.29, 0.717) is 34.1 Å². The number of carboxylic acid groups (broad SMARTS) is 1. The number of carbonyl (C=O) groups excluding carboxylic acids is 1. The van der Waals surface area contributed by atoms with Crippen molar-refractivity contribution in [3.63, 3.8) is 0 Å². The van der Waals surface area contributed by atoms with Gasteiger partial charge in [-0.15, -0.1) is 0 Å². The standard InChI is InChI=1S/C29H30N6O5/c1-4-29(2,3)34-25(36)17-40-22-7-5-6-19(12-22)26-32-24-16-39-15-23(24)27(33-26)35(28(37)38)21-10-8-18(9-11-21)20-13-30-31-14-20/h5-14H,4,15-17H2,1-3H3,(H,30,31)(H,34,36)(H,37,38). The Morgan fingerprint density at radius 2 is 1.90 bits per heavy atom. The molecule has 3 heterocycles. The maximum atomic E-state index is 12.5. The Morgan fingerprint density at radius 1 is 1.10 bits per heavy atom. The molecule has 2 aromatic heterocycles. The number of hydrogen-bond donors (Lipinski definition) is 3. The monoisotopic (exact) mass is 542 g/mol. The van der Waals surface area contributed by atoms with Crippen molar-refractivity contribution in [2.75, 3.05) is 11.5 Å². The fraction of sp³-hybridized carbons (Fsp3) is 0.276. The average molecular weight is 543 g/mol. The number of nitrogens with one attached hydrogen (secondary N) is 2. The van der Waals surface area contributed by atoms with Gasteiger partial charge in [-0.1, -0.05) is 31.2 Å². The SMILES string of the molecule is CCC(C)(C)NC(=O)COc1cccc(-c2nc3c(c(N(C(=O)O)c4ccc(-c5cn[nH]c5)cc4)n2)COC3)c1. The van der Waals surface area contributed by atoms with E-state index in [9.17, 15) is 14.7 Å². The molecule has 40 heavy (non-hydrogen) atoms. The molecule has 206 valence electrons. The molecule has 3 N–H and O–H groups in total. The third kappa shape index (κ3) is 5.79. The second-order valence-electron chi connectivity index (χ2n) is 10.0. The third-order valence-electron chi connectivity index (χ3n) is 6.74. The van der Waals surface area contributed by atoms with E-state index in [4.69, 9.17) is 9.47 Å². The summed E-state index contributed by atoms with van der Waals surface area (Å²) in [4.78, 5) is 35.4. The second-order valence-corrected chi connectivity index (χ2v) is 10.0. The van der Waals surface area contributed by atoms with Crippen molar-refractivity contribution in [2.45, 2.75) is 45.9 Å². The van der Waals surface area contributed by atoms with E-state index in [2.05, 4.69) is 25.5 Å². The van der Waals surface area contributed by atoms with Gasteiger partial charge in [0.1, 0.15) is 5.75 Å². The van der Waals surface area contributed by atoms with Crippen LogP contribution >= 0.6 is 0 Å². The number of anilines is 2. The van der Waals surface area contributed by atoms with Gasteiger partial charge in [-0.2, -0.15) is 5.10 Å². The van der Waals surface area contributed by atoms with E-state index >= 15 is 0 Å². The van der Waals surface area contributed by atoms with Crippen LogP contribution in [0.5, 0.6) is 5.75 Å². The first-order valence-electron chi connectivity index (χ1n) is 12.9. The molecule has 5 rings (SSSR count). The molecular formula is C29H30N6O5. The molecule has 0 spiro atoms. The number of benzene rings is 2. The molecular weight excluding hydrogens is 512 g/mol. The van der Waals surface area contributed by atoms with Gasteiger partial charge in [-0.3, -0.25) is 9.89 Å². The number of nitrogens with zero attached hydrogens (tertiary/aromatic N) is 4. The highest BCUT2D eigenvalue weighted by Crippen LogP contribution is 2.35. The number of ether oxygens (including phenoxy) is 2. The lowest BCUT2D eigenvalue weighted by molar-refractivity contribution is -0.124. The molecule has 0 unspecified atom stereocenters. The average Bonchev–Trinajstić information content (AvgIpc) is 3.65. The number of aromatic nitrogens is 4. The third-order valence-corrected chi connectivity index (χ3v) is 6.74. The summed E-state index contributed by atoms with van der Waals surface area (Å²) in [5.74, 6) is 0.797. The van der Waals surface area contributed by atoms with Crippen LogP contribution in [0.3, 0.4) is 0 Å². The summed E-state index contributed by atoms with van der Waals surface area (Å²) in [5, 5.41) is 19.9. The minimum absolute atomic E-state index is 0.140. The Hall–Kier alpha value is -4.77. The Balaban J connectivity index is 1.44. The Bertz CT molecular complexity index is 1520. The molecule has 0 saturated carbocycles. The summed E-state index contributed by atoms with van der Waals surface area (Å²) in [6.07, 6.45) is 3.06. The van der Waals surface area contributed by atoms with Crippen molar-refractivity contribution in [1.29, 1.82) is 0 Å². The quantitative estimate of drug-likeness (QED) is 0.266. The van der Waals surface area contributed by atoms with Crippen LogP contribution in [0.2, 0.25) is 0 Å². The Kier molecular flexibility index (Phi) is 7.47. The number of aromatic amines is 1. The summed E-state index contributed by atoms with van der Waals surface area (Å²) in [6.45, 7) is 6.21. The molecule has 1 aliphatic rings. The second kappa shape index (κ2) is 11.1. The normalized spacial score (nSPS) is 12.6. The maximum absolute atomic E-state index is 12.5. The lowest BCUT2D eigenvalue weighted by Crippen LogP contribution is -2.44. The van der Waals surface area contributed by atoms with Crippen LogP contribution in [0.1, 0.15) is 38.4 Å².